The molecule has 0 aliphatic carbocycles. The van der Waals surface area contributed by atoms with Crippen molar-refractivity contribution in [3.05, 3.63) is 90.8 Å². The van der Waals surface area contributed by atoms with Crippen molar-refractivity contribution >= 4 is 33.7 Å². The number of imidazole rings is 1. The van der Waals surface area contributed by atoms with Gasteiger partial charge in [-0.2, -0.15) is 0 Å². The first-order chi connectivity index (χ1) is 14.7. The van der Waals surface area contributed by atoms with Gasteiger partial charge >= 0.3 is 5.97 Å². The largest absolute Gasteiger partial charge is 0.452 e. The number of aromatic amines is 1. The number of ether oxygens (including phenoxy) is 1. The number of nitrogens with zero attached hydrogens (tertiary/aromatic N) is 2. The summed E-state index contributed by atoms with van der Waals surface area (Å²) >= 11 is 0. The van der Waals surface area contributed by atoms with Gasteiger partial charge in [0.15, 0.2) is 6.61 Å². The Hall–Kier alpha value is -4.19. The molecule has 0 saturated carbocycles. The molecule has 30 heavy (non-hydrogen) atoms. The first kappa shape index (κ1) is 17.9. The van der Waals surface area contributed by atoms with Gasteiger partial charge in [-0.25, -0.2) is 9.78 Å². The molecule has 0 amide bonds. The van der Waals surface area contributed by atoms with Crippen LogP contribution in [-0.2, 0) is 4.74 Å². The van der Waals surface area contributed by atoms with Gasteiger partial charge in [0.05, 0.1) is 16.6 Å². The van der Waals surface area contributed by atoms with Crippen LogP contribution < -0.4 is 0 Å². The third-order valence-corrected chi connectivity index (χ3v) is 5.05. The van der Waals surface area contributed by atoms with Crippen LogP contribution in [0.2, 0.25) is 0 Å². The summed E-state index contributed by atoms with van der Waals surface area (Å²) < 4.78 is 6.92. The lowest BCUT2D eigenvalue weighted by atomic mass is 10.1. The van der Waals surface area contributed by atoms with E-state index in [0.717, 1.165) is 33.2 Å². The second-order valence-corrected chi connectivity index (χ2v) is 6.85. The number of fused-ring (bicyclic) bond motifs is 3. The Kier molecular flexibility index (Phi) is 4.37. The van der Waals surface area contributed by atoms with Gasteiger partial charge in [0.2, 0.25) is 0 Å². The average molecular weight is 395 g/mol. The molecule has 0 radical (unpaired) electrons. The molecule has 6 heteroatoms. The Labute approximate surface area is 171 Å². The van der Waals surface area contributed by atoms with E-state index >= 15 is 0 Å². The van der Waals surface area contributed by atoms with Crippen molar-refractivity contribution < 1.29 is 14.3 Å². The predicted molar refractivity (Wildman–Crippen MR) is 114 cm³/mol. The van der Waals surface area contributed by atoms with Crippen LogP contribution in [0.25, 0.3) is 33.2 Å². The van der Waals surface area contributed by atoms with E-state index in [1.165, 1.54) is 0 Å². The van der Waals surface area contributed by atoms with E-state index < -0.39 is 5.97 Å². The van der Waals surface area contributed by atoms with Crippen molar-refractivity contribution in [2.45, 2.75) is 0 Å². The number of aromatic nitrogens is 3. The second-order valence-electron chi connectivity index (χ2n) is 6.85. The lowest BCUT2D eigenvalue weighted by Crippen LogP contribution is -2.20. The van der Waals surface area contributed by atoms with Gasteiger partial charge in [-0.1, -0.05) is 48.5 Å². The molecule has 6 nitrogen and oxygen atoms in total. The van der Waals surface area contributed by atoms with Gasteiger partial charge in [0, 0.05) is 28.7 Å². The van der Waals surface area contributed by atoms with Gasteiger partial charge < -0.3 is 9.72 Å². The van der Waals surface area contributed by atoms with Gasteiger partial charge in [-0.15, -0.1) is 0 Å². The minimum Gasteiger partial charge on any atom is -0.452 e. The first-order valence-electron chi connectivity index (χ1n) is 9.51. The van der Waals surface area contributed by atoms with Crippen LogP contribution in [0.5, 0.6) is 0 Å². The Morgan fingerprint density at radius 1 is 0.867 bits per heavy atom. The van der Waals surface area contributed by atoms with E-state index in [1.54, 1.807) is 41.2 Å². The highest BCUT2D eigenvalue weighted by Gasteiger charge is 2.17. The molecule has 3 aromatic carbocycles. The van der Waals surface area contributed by atoms with Crippen molar-refractivity contribution in [1.29, 1.82) is 0 Å². The van der Waals surface area contributed by atoms with Crippen LogP contribution in [0, 0.1) is 0 Å². The van der Waals surface area contributed by atoms with E-state index in [2.05, 4.69) is 9.97 Å². The van der Waals surface area contributed by atoms with Crippen LogP contribution in [-0.4, -0.2) is 33.0 Å². The maximum absolute atomic E-state index is 13.0. The summed E-state index contributed by atoms with van der Waals surface area (Å²) in [6.45, 7) is -0.346. The highest BCUT2D eigenvalue weighted by molar-refractivity contribution is 6.13. The molecular weight excluding hydrogens is 378 g/mol. The van der Waals surface area contributed by atoms with Crippen molar-refractivity contribution in [2.24, 2.45) is 0 Å². The molecule has 0 fully saturated rings. The van der Waals surface area contributed by atoms with Crippen molar-refractivity contribution in [3.63, 3.8) is 0 Å². The molecule has 2 heterocycles. The molecule has 0 atom stereocenters. The fourth-order valence-corrected chi connectivity index (χ4v) is 3.65. The number of para-hydroxylation sites is 2. The lowest BCUT2D eigenvalue weighted by Gasteiger charge is -2.08. The van der Waals surface area contributed by atoms with Crippen molar-refractivity contribution in [1.82, 2.24) is 14.5 Å². The molecule has 1 N–H and O–H groups in total. The molecule has 0 unspecified atom stereocenters. The molecule has 0 aliphatic heterocycles. The maximum atomic E-state index is 13.0. The number of H-pyrrole nitrogens is 1. The molecule has 5 aromatic rings. The lowest BCUT2D eigenvalue weighted by molar-refractivity contribution is 0.0452. The summed E-state index contributed by atoms with van der Waals surface area (Å²) in [7, 11) is 0. The quantitative estimate of drug-likeness (QED) is 0.448. The Morgan fingerprint density at radius 2 is 1.50 bits per heavy atom. The summed E-state index contributed by atoms with van der Waals surface area (Å²) in [5.41, 5.74) is 2.82. The van der Waals surface area contributed by atoms with E-state index in [0.29, 0.717) is 5.56 Å². The molecule has 0 aliphatic rings. The molecule has 0 saturated heterocycles. The number of carbonyl (C=O) groups is 2. The number of hydrogen-bond donors (Lipinski definition) is 1. The normalized spacial score (nSPS) is 11.1. The van der Waals surface area contributed by atoms with E-state index in [-0.39, 0.29) is 12.5 Å². The summed E-state index contributed by atoms with van der Waals surface area (Å²) in [6, 6.07) is 22.3. The van der Waals surface area contributed by atoms with Crippen LogP contribution in [0.3, 0.4) is 0 Å². The number of hydrogen-bond acceptors (Lipinski definition) is 4. The summed E-state index contributed by atoms with van der Waals surface area (Å²) in [6.07, 6.45) is 3.40. The first-order valence-corrected chi connectivity index (χ1v) is 9.51. The van der Waals surface area contributed by atoms with Crippen LogP contribution in [0.1, 0.15) is 15.2 Å². The van der Waals surface area contributed by atoms with Crippen LogP contribution in [0.15, 0.2) is 85.2 Å². The van der Waals surface area contributed by atoms with Crippen LogP contribution >= 0.6 is 0 Å². The summed E-state index contributed by atoms with van der Waals surface area (Å²) in [5.74, 6) is -0.125. The van der Waals surface area contributed by atoms with E-state index in [1.807, 2.05) is 48.5 Å². The summed E-state index contributed by atoms with van der Waals surface area (Å²) in [4.78, 5) is 32.6. The molecule has 0 bridgehead atoms. The number of nitrogens with one attached hydrogen (secondary N) is 1. The van der Waals surface area contributed by atoms with E-state index in [4.69, 9.17) is 4.74 Å². The van der Waals surface area contributed by atoms with Gasteiger partial charge in [-0.3, -0.25) is 9.36 Å². The molecular formula is C24H17N3O3. The highest BCUT2D eigenvalue weighted by Crippen LogP contribution is 2.28. The standard InChI is InChI=1S/C24H17N3O3/c28-22(27-20-7-3-1-5-18(20)19-6-2-4-8-21(19)27)15-30-24(29)17-11-9-16(10-12-17)23-25-13-14-26-23/h1-14H,15H2,(H,25,26). The summed E-state index contributed by atoms with van der Waals surface area (Å²) in [5, 5.41) is 1.97. The highest BCUT2D eigenvalue weighted by atomic mass is 16.5. The number of rotatable bonds is 4. The number of carbonyl (C=O) groups excluding carboxylic acids is 2. The second kappa shape index (κ2) is 7.33. The Morgan fingerprint density at radius 3 is 2.10 bits per heavy atom. The third kappa shape index (κ3) is 3.04. The maximum Gasteiger partial charge on any atom is 0.338 e. The fraction of sp³-hybridized carbons (Fsp3) is 0.0417. The minimum absolute atomic E-state index is 0.298. The Balaban J connectivity index is 1.37. The Bertz CT molecular complexity index is 1310. The monoisotopic (exact) mass is 395 g/mol. The SMILES string of the molecule is O=C(OCC(=O)n1c2ccccc2c2ccccc21)c1ccc(-c2ncc[nH]2)cc1. The fourth-order valence-electron chi connectivity index (χ4n) is 3.65. The number of esters is 1. The van der Waals surface area contributed by atoms with Crippen molar-refractivity contribution in [3.8, 4) is 11.4 Å². The predicted octanol–water partition coefficient (Wildman–Crippen LogP) is 4.68. The van der Waals surface area contributed by atoms with E-state index in [9.17, 15) is 9.59 Å². The molecule has 5 rings (SSSR count). The minimum atomic E-state index is -0.546. The smallest absolute Gasteiger partial charge is 0.338 e. The zero-order chi connectivity index (χ0) is 20.5. The van der Waals surface area contributed by atoms with Crippen LogP contribution in [0.4, 0.5) is 0 Å². The number of benzene rings is 3. The van der Waals surface area contributed by atoms with Gasteiger partial charge in [0.25, 0.3) is 5.91 Å². The van der Waals surface area contributed by atoms with Gasteiger partial charge in [-0.05, 0) is 24.3 Å². The zero-order valence-corrected chi connectivity index (χ0v) is 15.9. The molecule has 0 spiro atoms. The third-order valence-electron chi connectivity index (χ3n) is 5.05. The molecule has 2 aromatic heterocycles. The zero-order valence-electron chi connectivity index (χ0n) is 15.9. The molecule has 146 valence electrons. The average Bonchev–Trinajstić information content (AvgIpc) is 3.44. The van der Waals surface area contributed by atoms with Crippen molar-refractivity contribution in [2.75, 3.05) is 6.61 Å². The van der Waals surface area contributed by atoms with Gasteiger partial charge in [0.1, 0.15) is 5.82 Å². The topological polar surface area (TPSA) is 77.0 Å².